The maximum Gasteiger partial charge on any atom is 0.323 e. The standard InChI is InChI=1S/C12H21N3O5/c1-9-6-13(2)4-3-5-15(9)12(20)14(7-10(16)17)8-11(18)19/h9H,3-8H2,1-2H3,(H,16,17)(H,18,19). The number of nitrogens with zero attached hydrogens (tertiary/aromatic N) is 3. The fourth-order valence-corrected chi connectivity index (χ4v) is 2.36. The molecule has 114 valence electrons. The molecule has 8 heteroatoms. The Morgan fingerprint density at radius 3 is 2.20 bits per heavy atom. The van der Waals surface area contributed by atoms with E-state index in [1.807, 2.05) is 14.0 Å². The molecule has 0 aliphatic carbocycles. The highest BCUT2D eigenvalue weighted by atomic mass is 16.4. The number of rotatable bonds is 4. The van der Waals surface area contributed by atoms with E-state index in [0.29, 0.717) is 13.1 Å². The third-order valence-electron chi connectivity index (χ3n) is 3.22. The summed E-state index contributed by atoms with van der Waals surface area (Å²) in [5, 5.41) is 17.6. The minimum Gasteiger partial charge on any atom is -0.480 e. The van der Waals surface area contributed by atoms with Gasteiger partial charge in [0, 0.05) is 19.1 Å². The van der Waals surface area contributed by atoms with Crippen LogP contribution in [0.1, 0.15) is 13.3 Å². The molecule has 2 amide bonds. The zero-order valence-corrected chi connectivity index (χ0v) is 11.8. The van der Waals surface area contributed by atoms with Crippen molar-refractivity contribution in [2.45, 2.75) is 19.4 Å². The highest BCUT2D eigenvalue weighted by Crippen LogP contribution is 2.11. The summed E-state index contributed by atoms with van der Waals surface area (Å²) in [4.78, 5) is 38.4. The van der Waals surface area contributed by atoms with Gasteiger partial charge in [0.25, 0.3) is 0 Å². The first kappa shape index (κ1) is 16.2. The van der Waals surface area contributed by atoms with Gasteiger partial charge in [-0.1, -0.05) is 0 Å². The lowest BCUT2D eigenvalue weighted by Gasteiger charge is -2.32. The summed E-state index contributed by atoms with van der Waals surface area (Å²) < 4.78 is 0. The average molecular weight is 287 g/mol. The zero-order chi connectivity index (χ0) is 15.3. The highest BCUT2D eigenvalue weighted by molar-refractivity contribution is 5.84. The van der Waals surface area contributed by atoms with Crippen LogP contribution >= 0.6 is 0 Å². The van der Waals surface area contributed by atoms with Crippen LogP contribution in [0.25, 0.3) is 0 Å². The van der Waals surface area contributed by atoms with Gasteiger partial charge in [0.15, 0.2) is 0 Å². The molecule has 1 fully saturated rings. The SMILES string of the molecule is CC1CN(C)CCCN1C(=O)N(CC(=O)O)CC(=O)O. The molecule has 0 aromatic heterocycles. The van der Waals surface area contributed by atoms with Gasteiger partial charge in [-0.2, -0.15) is 0 Å². The number of amides is 2. The molecule has 0 spiro atoms. The van der Waals surface area contributed by atoms with Gasteiger partial charge in [0.2, 0.25) is 0 Å². The van der Waals surface area contributed by atoms with Crippen LogP contribution in [0.3, 0.4) is 0 Å². The maximum absolute atomic E-state index is 12.3. The molecule has 1 aliphatic heterocycles. The first-order valence-electron chi connectivity index (χ1n) is 6.49. The Balaban J connectivity index is 2.80. The normalized spacial score (nSPS) is 20.3. The minimum atomic E-state index is -1.22. The fraction of sp³-hybridized carbons (Fsp3) is 0.750. The van der Waals surface area contributed by atoms with E-state index >= 15 is 0 Å². The van der Waals surface area contributed by atoms with Gasteiger partial charge >= 0.3 is 18.0 Å². The largest absolute Gasteiger partial charge is 0.480 e. The molecule has 20 heavy (non-hydrogen) atoms. The monoisotopic (exact) mass is 287 g/mol. The Kier molecular flexibility index (Phi) is 5.75. The number of carboxylic acids is 2. The van der Waals surface area contributed by atoms with Gasteiger partial charge in [-0.25, -0.2) is 4.79 Å². The number of likely N-dealkylation sites (N-methyl/N-ethyl adjacent to an activating group) is 1. The van der Waals surface area contributed by atoms with Crippen LogP contribution in [0.2, 0.25) is 0 Å². The Hall–Kier alpha value is -1.83. The molecule has 0 bridgehead atoms. The van der Waals surface area contributed by atoms with Crippen molar-refractivity contribution in [2.75, 3.05) is 39.8 Å². The van der Waals surface area contributed by atoms with Crippen molar-refractivity contribution < 1.29 is 24.6 Å². The fourth-order valence-electron chi connectivity index (χ4n) is 2.36. The van der Waals surface area contributed by atoms with Gasteiger partial charge in [0.1, 0.15) is 13.1 Å². The summed E-state index contributed by atoms with van der Waals surface area (Å²) >= 11 is 0. The van der Waals surface area contributed by atoms with Crippen LogP contribution in [-0.4, -0.2) is 88.7 Å². The lowest BCUT2D eigenvalue weighted by atomic mass is 10.3. The molecule has 1 rings (SSSR count). The third-order valence-corrected chi connectivity index (χ3v) is 3.22. The molecule has 0 saturated carbocycles. The Morgan fingerprint density at radius 1 is 1.15 bits per heavy atom. The number of hydrogen-bond donors (Lipinski definition) is 2. The number of urea groups is 1. The average Bonchev–Trinajstić information content (AvgIpc) is 2.47. The lowest BCUT2D eigenvalue weighted by molar-refractivity contribution is -0.140. The van der Waals surface area contributed by atoms with Crippen molar-refractivity contribution in [3.05, 3.63) is 0 Å². The van der Waals surface area contributed by atoms with E-state index in [2.05, 4.69) is 4.90 Å². The van der Waals surface area contributed by atoms with Crippen molar-refractivity contribution in [3.63, 3.8) is 0 Å². The topological polar surface area (TPSA) is 101 Å². The van der Waals surface area contributed by atoms with E-state index in [1.165, 1.54) is 0 Å². The highest BCUT2D eigenvalue weighted by Gasteiger charge is 2.29. The van der Waals surface area contributed by atoms with Crippen LogP contribution in [0, 0.1) is 0 Å². The molecule has 1 aliphatic rings. The first-order chi connectivity index (χ1) is 9.31. The number of carbonyl (C=O) groups is 3. The molecule has 8 nitrogen and oxygen atoms in total. The molecular formula is C12H21N3O5. The van der Waals surface area contributed by atoms with E-state index in [0.717, 1.165) is 17.9 Å². The Labute approximate surface area is 117 Å². The Morgan fingerprint density at radius 2 is 1.70 bits per heavy atom. The van der Waals surface area contributed by atoms with Crippen molar-refractivity contribution in [2.24, 2.45) is 0 Å². The van der Waals surface area contributed by atoms with Crippen LogP contribution in [0.4, 0.5) is 4.79 Å². The van der Waals surface area contributed by atoms with Crippen molar-refractivity contribution in [1.29, 1.82) is 0 Å². The molecule has 2 N–H and O–H groups in total. The molecule has 1 unspecified atom stereocenters. The second-order valence-electron chi connectivity index (χ2n) is 5.08. The molecule has 1 saturated heterocycles. The van der Waals surface area contributed by atoms with Crippen LogP contribution < -0.4 is 0 Å². The third kappa shape index (κ3) is 4.69. The molecule has 1 heterocycles. The number of aliphatic carboxylic acids is 2. The smallest absolute Gasteiger partial charge is 0.323 e. The van der Waals surface area contributed by atoms with Gasteiger partial charge in [0.05, 0.1) is 0 Å². The van der Waals surface area contributed by atoms with E-state index in [9.17, 15) is 14.4 Å². The zero-order valence-electron chi connectivity index (χ0n) is 11.8. The summed E-state index contributed by atoms with van der Waals surface area (Å²) in [6.07, 6.45) is 0.778. The Bertz CT molecular complexity index is 371. The van der Waals surface area contributed by atoms with Gasteiger partial charge in [-0.15, -0.1) is 0 Å². The lowest BCUT2D eigenvalue weighted by Crippen LogP contribution is -2.51. The summed E-state index contributed by atoms with van der Waals surface area (Å²) in [6.45, 7) is 2.69. The maximum atomic E-state index is 12.3. The van der Waals surface area contributed by atoms with Crippen molar-refractivity contribution >= 4 is 18.0 Å². The van der Waals surface area contributed by atoms with Gasteiger partial charge < -0.3 is 24.9 Å². The van der Waals surface area contributed by atoms with Crippen LogP contribution in [-0.2, 0) is 9.59 Å². The molecule has 0 aromatic rings. The first-order valence-corrected chi connectivity index (χ1v) is 6.49. The number of carbonyl (C=O) groups excluding carboxylic acids is 1. The number of carboxylic acid groups (broad SMARTS) is 2. The predicted molar refractivity (Wildman–Crippen MR) is 70.5 cm³/mol. The molecule has 0 radical (unpaired) electrons. The quantitative estimate of drug-likeness (QED) is 0.730. The van der Waals surface area contributed by atoms with E-state index in [1.54, 1.807) is 4.90 Å². The van der Waals surface area contributed by atoms with Crippen LogP contribution in [0.5, 0.6) is 0 Å². The molecule has 0 aromatic carbocycles. The molecule has 1 atom stereocenters. The number of hydrogen-bond acceptors (Lipinski definition) is 4. The van der Waals surface area contributed by atoms with Gasteiger partial charge in [-0.3, -0.25) is 9.59 Å². The van der Waals surface area contributed by atoms with E-state index < -0.39 is 31.1 Å². The predicted octanol–water partition coefficient (Wildman–Crippen LogP) is -0.396. The van der Waals surface area contributed by atoms with E-state index in [-0.39, 0.29) is 6.04 Å². The van der Waals surface area contributed by atoms with Crippen molar-refractivity contribution in [3.8, 4) is 0 Å². The van der Waals surface area contributed by atoms with Crippen molar-refractivity contribution in [1.82, 2.24) is 14.7 Å². The van der Waals surface area contributed by atoms with Gasteiger partial charge in [-0.05, 0) is 26.9 Å². The summed E-state index contributed by atoms with van der Waals surface area (Å²) in [5.74, 6) is -2.45. The molecular weight excluding hydrogens is 266 g/mol. The summed E-state index contributed by atoms with van der Waals surface area (Å²) in [6, 6.07) is -0.613. The second kappa shape index (κ2) is 7.09. The summed E-state index contributed by atoms with van der Waals surface area (Å²) in [5.41, 5.74) is 0. The van der Waals surface area contributed by atoms with E-state index in [4.69, 9.17) is 10.2 Å². The van der Waals surface area contributed by atoms with Crippen LogP contribution in [0.15, 0.2) is 0 Å². The second-order valence-corrected chi connectivity index (χ2v) is 5.08. The minimum absolute atomic E-state index is 0.0833. The summed E-state index contributed by atoms with van der Waals surface area (Å²) in [7, 11) is 1.96.